The Kier molecular flexibility index (Phi) is 29.2. The van der Waals surface area contributed by atoms with Gasteiger partial charge in [0.1, 0.15) is 0 Å². The molecule has 3 aromatic heterocycles. The number of nitrogens with zero attached hydrogens (tertiary/aromatic N) is 14. The Morgan fingerprint density at radius 3 is 0.737 bits per heavy atom. The number of nitrogen functional groups attached to an aromatic ring is 1. The van der Waals surface area contributed by atoms with Gasteiger partial charge in [-0.15, -0.1) is 0 Å². The van der Waals surface area contributed by atoms with Crippen molar-refractivity contribution in [2.24, 2.45) is 0 Å². The molecule has 0 saturated heterocycles. The van der Waals surface area contributed by atoms with Crippen LogP contribution in [0.3, 0.4) is 0 Å². The highest BCUT2D eigenvalue weighted by molar-refractivity contribution is 9.10. The van der Waals surface area contributed by atoms with Crippen molar-refractivity contribution in [2.75, 3.05) is 30.2 Å². The second kappa shape index (κ2) is 44.3. The maximum Gasteiger partial charge on any atom is 1.00 e. The Morgan fingerprint density at radius 2 is 0.445 bits per heavy atom. The fourth-order valence-electron chi connectivity index (χ4n) is 15.7. The van der Waals surface area contributed by atoms with Crippen molar-refractivity contribution in [3.05, 3.63) is 535 Å². The van der Waals surface area contributed by atoms with Crippen LogP contribution >= 0.6 is 43.5 Å². The summed E-state index contributed by atoms with van der Waals surface area (Å²) in [7, 11) is 0. The molecule has 19 heteroatoms. The van der Waals surface area contributed by atoms with Crippen LogP contribution in [0.1, 0.15) is 12.6 Å². The van der Waals surface area contributed by atoms with Crippen molar-refractivity contribution in [3.63, 3.8) is 0 Å². The number of para-hydroxylation sites is 4. The maximum atomic E-state index is 7.97. The first-order valence-electron chi connectivity index (χ1n) is 44.3. The minimum atomic E-state index is 0. The van der Waals surface area contributed by atoms with Crippen molar-refractivity contribution in [2.45, 2.75) is 0 Å². The van der Waals surface area contributed by atoms with Gasteiger partial charge in [0, 0.05) is 111 Å². The molecule has 4 heterocycles. The van der Waals surface area contributed by atoms with Crippen molar-refractivity contribution in [3.8, 4) is 68.3 Å². The Labute approximate surface area is 819 Å². The largest absolute Gasteiger partial charge is 1.00 e. The summed E-state index contributed by atoms with van der Waals surface area (Å²) in [6.45, 7) is 0. The van der Waals surface area contributed by atoms with E-state index < -0.39 is 0 Å². The molecule has 21 aromatic rings. The summed E-state index contributed by atoms with van der Waals surface area (Å²) in [5.74, 6) is 4.30. The van der Waals surface area contributed by atoms with E-state index in [0.717, 1.165) is 133 Å². The monoisotopic (exact) mass is 1920 g/mol. The summed E-state index contributed by atoms with van der Waals surface area (Å²) in [5, 5.41) is 8.17. The minimum Gasteiger partial charge on any atom is -0.368 e. The van der Waals surface area contributed by atoms with Crippen LogP contribution in [0.25, 0.3) is 68.3 Å². The van der Waals surface area contributed by atoms with Gasteiger partial charge in [-0.1, -0.05) is 384 Å². The van der Waals surface area contributed by atoms with Gasteiger partial charge in [0.15, 0.2) is 34.9 Å². The molecular weight excluding hydrogens is 1840 g/mol. The highest BCUT2D eigenvalue weighted by atomic mass is 79.9. The zero-order valence-corrected chi connectivity index (χ0v) is 77.9. The number of hydrogen-bond donors (Lipinski definition) is 2. The lowest BCUT2D eigenvalue weighted by Gasteiger charge is -2.32. The number of rotatable bonds is 17. The van der Waals surface area contributed by atoms with Crippen molar-refractivity contribution < 1.29 is 1.43 Å². The van der Waals surface area contributed by atoms with E-state index in [0.29, 0.717) is 46.6 Å². The van der Waals surface area contributed by atoms with Crippen LogP contribution in [0.15, 0.2) is 519 Å². The third-order valence-corrected chi connectivity index (χ3v) is 23.1. The molecule has 0 amide bonds. The lowest BCUT2D eigenvalue weighted by atomic mass is 10.0. The van der Waals surface area contributed by atoms with E-state index in [1.807, 2.05) is 279 Å². The average Bonchev–Trinajstić information content (AvgIpc) is 0.758. The van der Waals surface area contributed by atoms with Crippen LogP contribution in [0.5, 0.6) is 0 Å². The molecule has 3 N–H and O–H groups in total. The van der Waals surface area contributed by atoms with E-state index in [9.17, 15) is 0 Å². The first-order valence-corrected chi connectivity index (χ1v) is 46.3. The normalized spacial score (nSPS) is 11.0. The highest BCUT2D eigenvalue weighted by Gasteiger charge is 2.26. The standard InChI is InChI=1S/C45H32N6.C30H22Br2N2.C15H10ClN3.C15H12N4.C13H11N/c1-5-16-33(17-6-1)43-46-44(34-18-7-2-8-19-34)48-45(47-43)51-41-28-14-26-39(31-41)49(35-20-9-3-10-21-35)37-24-13-25-38(30-37)50(36-22-11-4-12-23-36)40-27-15-29-42(51)32-40;31-23-10-7-16-27(20-23)33(25-12-3-1-4-13-25)29-18-9-19-30(22-29)34(26-14-5-2-6-15-26)28-17-8-11-24(32)21-28;2*16-15-18-13(11-7-3-1-4-8-11)17-14(19-15)12-9-5-2-6-10-12;14-13(11-7-3-1-4-8-11)12-9-5-2-6-10-12/h1-32H;1-22H;1-10H;1-10H,(H2,16,17,18,19);1-10,14H/p+1. The number of fused-ring (bicyclic) bond motifs is 6. The number of halogens is 3. The highest BCUT2D eigenvalue weighted by Crippen LogP contribution is 2.47. The van der Waals surface area contributed by atoms with Gasteiger partial charge in [0.25, 0.3) is 0 Å². The van der Waals surface area contributed by atoms with Gasteiger partial charge in [0.05, 0.1) is 17.1 Å². The molecule has 0 unspecified atom stereocenters. The molecule has 6 bridgehead atoms. The summed E-state index contributed by atoms with van der Waals surface area (Å²) in [6, 6.07) is 172. The Morgan fingerprint density at radius 1 is 0.226 bits per heavy atom. The molecular formula is C118H88Br2ClN16+. The molecule has 0 atom stereocenters. The van der Waals surface area contributed by atoms with Crippen molar-refractivity contribution in [1.82, 2.24) is 44.9 Å². The summed E-state index contributed by atoms with van der Waals surface area (Å²) in [4.78, 5) is 52.3. The van der Waals surface area contributed by atoms with E-state index in [4.69, 9.17) is 37.7 Å². The van der Waals surface area contributed by atoms with E-state index in [-0.39, 0.29) is 12.7 Å². The number of benzene rings is 18. The molecule has 0 fully saturated rings. The molecule has 660 valence electrons. The number of anilines is 16. The Bertz CT molecular complexity index is 7000. The number of hydrogen-bond acceptors (Lipinski definition) is 16. The summed E-state index contributed by atoms with van der Waals surface area (Å²) in [5.41, 5.74) is 28.4. The predicted octanol–water partition coefficient (Wildman–Crippen LogP) is 31.9. The lowest BCUT2D eigenvalue weighted by molar-refractivity contribution is 1.02. The SMILES string of the molecule is Brc1cccc(N(c2ccccc2)c2cccc(N(c3ccccc3)c3cccc(Br)c3)c2)c1.Clc1nc(-c2ccccc2)nc(-c2ccccc2)n1.N=C(c1ccccc1)c1ccccc1.Nc1nc(-c2ccccc2)nc(-c2ccccc2)n1.[H+].c1ccc(-c2nc(-c3ccccc3)nc(N3c4cccc(c4)N(c4ccccc4)c4cccc(c4)N(c4ccccc4)c4cccc3c4)n2)cc1. The first-order chi connectivity index (χ1) is 67.5. The molecule has 1 aliphatic rings. The van der Waals surface area contributed by atoms with Gasteiger partial charge in [-0.2, -0.15) is 29.9 Å². The topological polar surface area (TPSA) is 182 Å². The van der Waals surface area contributed by atoms with Gasteiger partial charge in [0.2, 0.25) is 17.2 Å². The molecule has 16 nitrogen and oxygen atoms in total. The smallest absolute Gasteiger partial charge is 0.368 e. The van der Waals surface area contributed by atoms with Crippen LogP contribution in [0.4, 0.5) is 91.5 Å². The predicted molar refractivity (Wildman–Crippen MR) is 570 cm³/mol. The quantitative estimate of drug-likeness (QED) is 0.0821. The third kappa shape index (κ3) is 22.7. The average molecular weight is 1930 g/mol. The Hall–Kier alpha value is -17.3. The third-order valence-electron chi connectivity index (χ3n) is 22.0. The zero-order valence-electron chi connectivity index (χ0n) is 75.0. The summed E-state index contributed by atoms with van der Waals surface area (Å²) >= 11 is 13.3. The van der Waals surface area contributed by atoms with Gasteiger partial charge in [-0.25, -0.2) is 15.0 Å². The number of nitrogens with two attached hydrogens (primary N) is 1. The molecule has 0 spiro atoms. The molecule has 0 saturated carbocycles. The molecule has 22 rings (SSSR count). The first kappa shape index (κ1) is 90.3. The summed E-state index contributed by atoms with van der Waals surface area (Å²) in [6.07, 6.45) is 0. The van der Waals surface area contributed by atoms with Gasteiger partial charge >= 0.3 is 1.43 Å². The van der Waals surface area contributed by atoms with Crippen molar-refractivity contribution in [1.29, 1.82) is 5.41 Å². The van der Waals surface area contributed by atoms with Crippen LogP contribution in [0.2, 0.25) is 5.28 Å². The number of nitrogens with one attached hydrogen (secondary N) is 1. The lowest BCUT2D eigenvalue weighted by Crippen LogP contribution is -2.18. The van der Waals surface area contributed by atoms with Crippen LogP contribution in [-0.2, 0) is 0 Å². The second-order valence-corrected chi connectivity index (χ2v) is 33.4. The van der Waals surface area contributed by atoms with E-state index in [2.05, 4.69) is 317 Å². The van der Waals surface area contributed by atoms with Gasteiger partial charge in [-0.05, 0) is 180 Å². The van der Waals surface area contributed by atoms with Crippen LogP contribution in [-0.4, -0.2) is 50.6 Å². The van der Waals surface area contributed by atoms with E-state index in [1.165, 1.54) is 0 Å². The molecule has 0 aliphatic carbocycles. The minimum absolute atomic E-state index is 0. The second-order valence-electron chi connectivity index (χ2n) is 31.2. The molecule has 1 aliphatic heterocycles. The molecule has 0 radical (unpaired) electrons. The fourth-order valence-corrected chi connectivity index (χ4v) is 16.6. The summed E-state index contributed by atoms with van der Waals surface area (Å²) < 4.78 is 2.09. The maximum absolute atomic E-state index is 7.97. The Balaban J connectivity index is 0.000000130. The van der Waals surface area contributed by atoms with Gasteiger partial charge in [-0.3, -0.25) is 10.3 Å². The van der Waals surface area contributed by atoms with E-state index in [1.54, 1.807) is 0 Å². The molecule has 137 heavy (non-hydrogen) atoms. The fraction of sp³-hybridized carbons (Fsp3) is 0. The van der Waals surface area contributed by atoms with Crippen molar-refractivity contribution >= 4 is 141 Å². The number of aromatic nitrogens is 9. The zero-order chi connectivity index (χ0) is 93.3. The van der Waals surface area contributed by atoms with E-state index >= 15 is 0 Å². The van der Waals surface area contributed by atoms with Crippen LogP contribution in [0, 0.1) is 5.41 Å². The molecule has 18 aromatic carbocycles. The van der Waals surface area contributed by atoms with Crippen LogP contribution < -0.4 is 30.2 Å². The van der Waals surface area contributed by atoms with Gasteiger partial charge < -0.3 is 25.3 Å².